The van der Waals surface area contributed by atoms with Gasteiger partial charge in [-0.3, -0.25) is 9.59 Å². The van der Waals surface area contributed by atoms with Gasteiger partial charge in [0.1, 0.15) is 5.75 Å². The molecule has 0 bridgehead atoms. The highest BCUT2D eigenvalue weighted by Gasteiger charge is 2.26. The highest BCUT2D eigenvalue weighted by molar-refractivity contribution is 5.99. The minimum Gasteiger partial charge on any atom is -0.482 e. The molecule has 170 valence electrons. The smallest absolute Gasteiger partial charge is 0.265 e. The van der Waals surface area contributed by atoms with E-state index in [1.54, 1.807) is 4.90 Å². The number of nitrogens with zero attached hydrogens (tertiary/aromatic N) is 2. The lowest BCUT2D eigenvalue weighted by Gasteiger charge is -2.30. The minimum atomic E-state index is -0.0875. The number of nitrogens with one attached hydrogen (secondary N) is 1. The average Bonchev–Trinajstić information content (AvgIpc) is 2.83. The first kappa shape index (κ1) is 22.6. The van der Waals surface area contributed by atoms with Crippen molar-refractivity contribution >= 4 is 23.2 Å². The Kier molecular flexibility index (Phi) is 7.05. The molecule has 2 amide bonds. The Morgan fingerprint density at radius 2 is 1.64 bits per heavy atom. The van der Waals surface area contributed by atoms with E-state index in [1.807, 2.05) is 73.6 Å². The number of rotatable bonds is 8. The van der Waals surface area contributed by atoms with Crippen LogP contribution in [0.3, 0.4) is 0 Å². The predicted octanol–water partition coefficient (Wildman–Crippen LogP) is 4.13. The lowest BCUT2D eigenvalue weighted by Crippen LogP contribution is -2.42. The molecule has 1 N–H and O–H groups in total. The Bertz CT molecular complexity index is 1060. The van der Waals surface area contributed by atoms with Crippen molar-refractivity contribution in [2.24, 2.45) is 0 Å². The molecule has 1 aliphatic heterocycles. The van der Waals surface area contributed by atoms with E-state index < -0.39 is 0 Å². The monoisotopic (exact) mass is 443 g/mol. The molecule has 0 aromatic heterocycles. The molecule has 0 aliphatic carbocycles. The van der Waals surface area contributed by atoms with Crippen molar-refractivity contribution in [1.82, 2.24) is 4.90 Å². The maximum atomic E-state index is 13.1. The van der Waals surface area contributed by atoms with E-state index in [2.05, 4.69) is 29.6 Å². The summed E-state index contributed by atoms with van der Waals surface area (Å²) in [4.78, 5) is 29.3. The topological polar surface area (TPSA) is 61.9 Å². The molecule has 0 fully saturated rings. The number of likely N-dealkylation sites (N-methyl/N-ethyl adjacent to an activating group) is 1. The maximum Gasteiger partial charge on any atom is 0.265 e. The second kappa shape index (κ2) is 10.3. The molecular weight excluding hydrogens is 414 g/mol. The lowest BCUT2D eigenvalue weighted by molar-refractivity contribution is -0.121. The molecule has 6 heteroatoms. The quantitative estimate of drug-likeness (QED) is 0.569. The fourth-order valence-corrected chi connectivity index (χ4v) is 4.02. The van der Waals surface area contributed by atoms with Crippen molar-refractivity contribution in [3.05, 3.63) is 90.0 Å². The molecule has 1 aliphatic rings. The molecule has 0 spiro atoms. The van der Waals surface area contributed by atoms with E-state index >= 15 is 0 Å². The van der Waals surface area contributed by atoms with Gasteiger partial charge in [-0.2, -0.15) is 0 Å². The van der Waals surface area contributed by atoms with E-state index in [0.29, 0.717) is 30.1 Å². The summed E-state index contributed by atoms with van der Waals surface area (Å²) in [6.45, 7) is 1.32. The van der Waals surface area contributed by atoms with Gasteiger partial charge < -0.3 is 19.9 Å². The van der Waals surface area contributed by atoms with E-state index in [0.717, 1.165) is 17.7 Å². The van der Waals surface area contributed by atoms with Crippen molar-refractivity contribution < 1.29 is 14.3 Å². The molecular formula is C27H29N3O3. The second-order valence-electron chi connectivity index (χ2n) is 8.45. The third-order valence-electron chi connectivity index (χ3n) is 5.75. The largest absolute Gasteiger partial charge is 0.482 e. The van der Waals surface area contributed by atoms with Gasteiger partial charge in [0.2, 0.25) is 5.91 Å². The van der Waals surface area contributed by atoms with Gasteiger partial charge in [0.15, 0.2) is 6.61 Å². The Labute approximate surface area is 194 Å². The number of amides is 2. The first-order chi connectivity index (χ1) is 16.0. The molecule has 0 unspecified atom stereocenters. The summed E-state index contributed by atoms with van der Waals surface area (Å²) in [6.07, 6.45) is 0.310. The number of ether oxygens (including phenoxy) is 1. The average molecular weight is 444 g/mol. The van der Waals surface area contributed by atoms with Crippen LogP contribution in [0.15, 0.2) is 78.9 Å². The summed E-state index contributed by atoms with van der Waals surface area (Å²) in [5.74, 6) is 0.431. The maximum absolute atomic E-state index is 13.1. The number of carbonyl (C=O) groups excluding carboxylic acids is 2. The van der Waals surface area contributed by atoms with Crippen LogP contribution in [0.25, 0.3) is 0 Å². The molecule has 6 nitrogen and oxygen atoms in total. The second-order valence-corrected chi connectivity index (χ2v) is 8.45. The zero-order chi connectivity index (χ0) is 23.2. The van der Waals surface area contributed by atoms with Crippen LogP contribution in [0.5, 0.6) is 5.75 Å². The zero-order valence-electron chi connectivity index (χ0n) is 19.0. The van der Waals surface area contributed by atoms with Crippen LogP contribution < -0.4 is 15.0 Å². The third-order valence-corrected chi connectivity index (χ3v) is 5.75. The molecule has 33 heavy (non-hydrogen) atoms. The van der Waals surface area contributed by atoms with Gasteiger partial charge in [0.25, 0.3) is 5.91 Å². The van der Waals surface area contributed by atoms with E-state index in [-0.39, 0.29) is 24.3 Å². The van der Waals surface area contributed by atoms with E-state index in [1.165, 1.54) is 0 Å². The van der Waals surface area contributed by atoms with Crippen LogP contribution >= 0.6 is 0 Å². The first-order valence-corrected chi connectivity index (χ1v) is 11.1. The number of hydrogen-bond donors (Lipinski definition) is 1. The van der Waals surface area contributed by atoms with Gasteiger partial charge in [-0.05, 0) is 43.4 Å². The Hall–Kier alpha value is -3.64. The first-order valence-electron chi connectivity index (χ1n) is 11.1. The zero-order valence-corrected chi connectivity index (χ0v) is 19.0. The molecule has 1 heterocycles. The van der Waals surface area contributed by atoms with Crippen molar-refractivity contribution in [3.8, 4) is 5.75 Å². The Balaban J connectivity index is 1.53. The number of hydrogen-bond acceptors (Lipinski definition) is 4. The highest BCUT2D eigenvalue weighted by atomic mass is 16.5. The van der Waals surface area contributed by atoms with Gasteiger partial charge in [-0.25, -0.2) is 0 Å². The van der Waals surface area contributed by atoms with Crippen LogP contribution in [-0.2, 0) is 9.59 Å². The highest BCUT2D eigenvalue weighted by Crippen LogP contribution is 2.35. The van der Waals surface area contributed by atoms with Crippen molar-refractivity contribution in [2.75, 3.05) is 44.0 Å². The summed E-state index contributed by atoms with van der Waals surface area (Å²) < 4.78 is 5.60. The van der Waals surface area contributed by atoms with Gasteiger partial charge in [-0.1, -0.05) is 60.7 Å². The fourth-order valence-electron chi connectivity index (χ4n) is 4.02. The van der Waals surface area contributed by atoms with Gasteiger partial charge in [0, 0.05) is 31.1 Å². The summed E-state index contributed by atoms with van der Waals surface area (Å²) >= 11 is 0. The molecule has 0 atom stereocenters. The Morgan fingerprint density at radius 3 is 2.24 bits per heavy atom. The number of carbonyl (C=O) groups is 2. The van der Waals surface area contributed by atoms with Crippen LogP contribution in [-0.4, -0.2) is 50.5 Å². The minimum absolute atomic E-state index is 0.0297. The van der Waals surface area contributed by atoms with Crippen molar-refractivity contribution in [3.63, 3.8) is 0 Å². The van der Waals surface area contributed by atoms with Gasteiger partial charge in [-0.15, -0.1) is 0 Å². The molecule has 3 aromatic carbocycles. The van der Waals surface area contributed by atoms with Crippen LogP contribution in [0.1, 0.15) is 23.5 Å². The molecule has 0 saturated carbocycles. The lowest BCUT2D eigenvalue weighted by atomic mass is 9.88. The molecule has 0 saturated heterocycles. The summed E-state index contributed by atoms with van der Waals surface area (Å²) in [7, 11) is 3.94. The number of benzene rings is 3. The SMILES string of the molecule is CN(C)CCN1C(=O)COc2ccc(NC(=O)CC(c3ccccc3)c3ccccc3)cc21. The fraction of sp³-hybridized carbons (Fsp3) is 0.259. The van der Waals surface area contributed by atoms with E-state index in [4.69, 9.17) is 4.74 Å². The molecule has 4 rings (SSSR count). The summed E-state index contributed by atoms with van der Waals surface area (Å²) in [5.41, 5.74) is 3.52. The van der Waals surface area contributed by atoms with Crippen LogP contribution in [0, 0.1) is 0 Å². The van der Waals surface area contributed by atoms with Crippen molar-refractivity contribution in [1.29, 1.82) is 0 Å². The normalized spacial score (nSPS) is 13.1. The van der Waals surface area contributed by atoms with E-state index in [9.17, 15) is 9.59 Å². The number of fused-ring (bicyclic) bond motifs is 1. The summed E-state index contributed by atoms with van der Waals surface area (Å²) in [6, 6.07) is 25.6. The van der Waals surface area contributed by atoms with Gasteiger partial charge in [0.05, 0.1) is 5.69 Å². The molecule has 0 radical (unpaired) electrons. The van der Waals surface area contributed by atoms with Crippen LogP contribution in [0.4, 0.5) is 11.4 Å². The van der Waals surface area contributed by atoms with Gasteiger partial charge >= 0.3 is 0 Å². The summed E-state index contributed by atoms with van der Waals surface area (Å²) in [5, 5.41) is 3.02. The predicted molar refractivity (Wildman–Crippen MR) is 131 cm³/mol. The Morgan fingerprint density at radius 1 is 1.00 bits per heavy atom. The number of anilines is 2. The third kappa shape index (κ3) is 5.59. The van der Waals surface area contributed by atoms with Crippen molar-refractivity contribution in [2.45, 2.75) is 12.3 Å². The van der Waals surface area contributed by atoms with Crippen LogP contribution in [0.2, 0.25) is 0 Å². The molecule has 3 aromatic rings. The standard InChI is InChI=1S/C27H29N3O3/c1-29(2)15-16-30-24-17-22(13-14-25(24)33-19-27(30)32)28-26(31)18-23(20-9-5-3-6-10-20)21-11-7-4-8-12-21/h3-14,17,23H,15-16,18-19H2,1-2H3,(H,28,31).